The molecule has 2 aliphatic rings. The summed E-state index contributed by atoms with van der Waals surface area (Å²) in [6.45, 7) is 6.07. The van der Waals surface area contributed by atoms with Gasteiger partial charge in [-0.2, -0.15) is 0 Å². The fourth-order valence-corrected chi connectivity index (χ4v) is 2.35. The van der Waals surface area contributed by atoms with Crippen LogP contribution in [0.4, 0.5) is 0 Å². The number of carbonyl (C=O) groups is 2. The third-order valence-corrected chi connectivity index (χ3v) is 3.40. The number of rotatable bonds is 1. The van der Waals surface area contributed by atoms with Crippen LogP contribution in [0.1, 0.15) is 13.8 Å². The summed E-state index contributed by atoms with van der Waals surface area (Å²) in [5, 5.41) is 2.83. The van der Waals surface area contributed by atoms with E-state index in [9.17, 15) is 9.59 Å². The van der Waals surface area contributed by atoms with E-state index in [0.29, 0.717) is 13.1 Å². The molecule has 0 aliphatic carbocycles. The Labute approximate surface area is 95.8 Å². The summed E-state index contributed by atoms with van der Waals surface area (Å²) in [4.78, 5) is 27.9. The highest BCUT2D eigenvalue weighted by Crippen LogP contribution is 2.18. The third-order valence-electron chi connectivity index (χ3n) is 3.40. The Morgan fingerprint density at radius 2 is 2.00 bits per heavy atom. The Hall–Kier alpha value is -1.10. The Morgan fingerprint density at radius 1 is 1.31 bits per heavy atom. The van der Waals surface area contributed by atoms with Crippen LogP contribution < -0.4 is 5.32 Å². The second-order valence-corrected chi connectivity index (χ2v) is 5.04. The predicted octanol–water partition coefficient (Wildman–Crippen LogP) is -0.717. The average Bonchev–Trinajstić information content (AvgIpc) is 2.22. The minimum Gasteiger partial charge on any atom is -0.342 e. The molecule has 1 N–H and O–H groups in total. The molecule has 5 heteroatoms. The number of hydrogen-bond donors (Lipinski definition) is 1. The molecule has 2 rings (SSSR count). The van der Waals surface area contributed by atoms with Gasteiger partial charge in [-0.1, -0.05) is 13.8 Å². The van der Waals surface area contributed by atoms with Crippen LogP contribution in [0.3, 0.4) is 0 Å². The SMILES string of the molecule is CC(C)C1NC(=O)C2CN(C)CCN2C1=O. The Bertz CT molecular complexity index is 316. The number of piperazine rings is 2. The maximum Gasteiger partial charge on any atom is 0.246 e. The second kappa shape index (κ2) is 4.05. The molecule has 2 saturated heterocycles. The van der Waals surface area contributed by atoms with Crippen LogP contribution >= 0.6 is 0 Å². The van der Waals surface area contributed by atoms with Gasteiger partial charge in [0.15, 0.2) is 0 Å². The fraction of sp³-hybridized carbons (Fsp3) is 0.818. The zero-order valence-electron chi connectivity index (χ0n) is 10.1. The minimum absolute atomic E-state index is 0.00940. The summed E-state index contributed by atoms with van der Waals surface area (Å²) in [7, 11) is 1.98. The second-order valence-electron chi connectivity index (χ2n) is 5.04. The van der Waals surface area contributed by atoms with Crippen molar-refractivity contribution >= 4 is 11.8 Å². The Kier molecular flexibility index (Phi) is 2.88. The van der Waals surface area contributed by atoms with Gasteiger partial charge in [0.25, 0.3) is 0 Å². The van der Waals surface area contributed by atoms with Gasteiger partial charge in [-0.3, -0.25) is 9.59 Å². The van der Waals surface area contributed by atoms with E-state index in [0.717, 1.165) is 6.54 Å². The lowest BCUT2D eigenvalue weighted by Crippen LogP contribution is -2.69. The van der Waals surface area contributed by atoms with E-state index in [4.69, 9.17) is 0 Å². The summed E-state index contributed by atoms with van der Waals surface area (Å²) in [6.07, 6.45) is 0. The van der Waals surface area contributed by atoms with Gasteiger partial charge in [0.1, 0.15) is 12.1 Å². The van der Waals surface area contributed by atoms with Gasteiger partial charge in [-0.05, 0) is 13.0 Å². The van der Waals surface area contributed by atoms with E-state index in [1.807, 2.05) is 20.9 Å². The third kappa shape index (κ3) is 1.80. The van der Waals surface area contributed by atoms with Crippen molar-refractivity contribution in [2.24, 2.45) is 5.92 Å². The van der Waals surface area contributed by atoms with Gasteiger partial charge in [0, 0.05) is 19.6 Å². The van der Waals surface area contributed by atoms with Crippen molar-refractivity contribution in [1.82, 2.24) is 15.1 Å². The Balaban J connectivity index is 2.18. The first-order valence-corrected chi connectivity index (χ1v) is 5.80. The van der Waals surface area contributed by atoms with Crippen LogP contribution in [0.15, 0.2) is 0 Å². The van der Waals surface area contributed by atoms with Crippen molar-refractivity contribution in [1.29, 1.82) is 0 Å². The maximum atomic E-state index is 12.1. The van der Waals surface area contributed by atoms with Gasteiger partial charge in [-0.25, -0.2) is 0 Å². The van der Waals surface area contributed by atoms with Gasteiger partial charge >= 0.3 is 0 Å². The number of nitrogens with zero attached hydrogens (tertiary/aromatic N) is 2. The number of carbonyl (C=O) groups excluding carboxylic acids is 2. The lowest BCUT2D eigenvalue weighted by molar-refractivity contribution is -0.153. The zero-order chi connectivity index (χ0) is 11.9. The topological polar surface area (TPSA) is 52.7 Å². The molecule has 0 saturated carbocycles. The molecule has 0 radical (unpaired) electrons. The lowest BCUT2D eigenvalue weighted by atomic mass is 9.96. The molecule has 2 fully saturated rings. The van der Waals surface area contributed by atoms with E-state index in [2.05, 4.69) is 10.2 Å². The maximum absolute atomic E-state index is 12.1. The van der Waals surface area contributed by atoms with E-state index >= 15 is 0 Å². The summed E-state index contributed by atoms with van der Waals surface area (Å²) in [5.41, 5.74) is 0. The number of amides is 2. The van der Waals surface area contributed by atoms with Gasteiger partial charge in [0.05, 0.1) is 0 Å². The van der Waals surface area contributed by atoms with E-state index in [1.54, 1.807) is 4.90 Å². The van der Waals surface area contributed by atoms with Gasteiger partial charge in [0.2, 0.25) is 11.8 Å². The molecule has 2 aliphatic heterocycles. The molecule has 90 valence electrons. The number of nitrogens with one attached hydrogen (secondary N) is 1. The molecular weight excluding hydrogens is 206 g/mol. The molecule has 2 unspecified atom stereocenters. The standard InChI is InChI=1S/C11H19N3O2/c1-7(2)9-11(16)14-5-4-13(3)6-8(14)10(15)12-9/h7-9H,4-6H2,1-3H3,(H,12,15). The average molecular weight is 225 g/mol. The van der Waals surface area contributed by atoms with E-state index in [-0.39, 0.29) is 29.8 Å². The normalized spacial score (nSPS) is 31.6. The summed E-state index contributed by atoms with van der Waals surface area (Å²) >= 11 is 0. The quantitative estimate of drug-likeness (QED) is 0.641. The van der Waals surface area contributed by atoms with Crippen molar-refractivity contribution in [3.05, 3.63) is 0 Å². The monoisotopic (exact) mass is 225 g/mol. The van der Waals surface area contributed by atoms with Gasteiger partial charge < -0.3 is 15.1 Å². The first-order valence-electron chi connectivity index (χ1n) is 5.80. The van der Waals surface area contributed by atoms with Crippen molar-refractivity contribution in [2.75, 3.05) is 26.7 Å². The molecule has 16 heavy (non-hydrogen) atoms. The summed E-state index contributed by atoms with van der Waals surface area (Å²) in [6, 6.07) is -0.631. The molecule has 2 amide bonds. The molecule has 0 bridgehead atoms. The van der Waals surface area contributed by atoms with Crippen LogP contribution in [0.25, 0.3) is 0 Å². The number of likely N-dealkylation sites (N-methyl/N-ethyl adjacent to an activating group) is 1. The molecule has 0 aromatic rings. The zero-order valence-corrected chi connectivity index (χ0v) is 10.1. The van der Waals surface area contributed by atoms with Gasteiger partial charge in [-0.15, -0.1) is 0 Å². The first-order chi connectivity index (χ1) is 7.50. The number of hydrogen-bond acceptors (Lipinski definition) is 3. The Morgan fingerprint density at radius 3 is 2.62 bits per heavy atom. The molecule has 5 nitrogen and oxygen atoms in total. The summed E-state index contributed by atoms with van der Waals surface area (Å²) < 4.78 is 0. The smallest absolute Gasteiger partial charge is 0.246 e. The van der Waals surface area contributed by atoms with Crippen LogP contribution in [0.2, 0.25) is 0 Å². The minimum atomic E-state index is -0.341. The first kappa shape index (κ1) is 11.4. The fourth-order valence-electron chi connectivity index (χ4n) is 2.35. The molecular formula is C11H19N3O2. The molecule has 0 spiro atoms. The lowest BCUT2D eigenvalue weighted by Gasteiger charge is -2.45. The largest absolute Gasteiger partial charge is 0.342 e. The van der Waals surface area contributed by atoms with Crippen molar-refractivity contribution in [2.45, 2.75) is 25.9 Å². The van der Waals surface area contributed by atoms with Crippen molar-refractivity contribution in [3.8, 4) is 0 Å². The molecule has 2 heterocycles. The van der Waals surface area contributed by atoms with E-state index in [1.165, 1.54) is 0 Å². The van der Waals surface area contributed by atoms with Crippen LogP contribution in [-0.4, -0.2) is 60.4 Å². The van der Waals surface area contributed by atoms with E-state index < -0.39 is 0 Å². The highest BCUT2D eigenvalue weighted by molar-refractivity contribution is 5.97. The molecule has 2 atom stereocenters. The van der Waals surface area contributed by atoms with Crippen LogP contribution in [0, 0.1) is 5.92 Å². The van der Waals surface area contributed by atoms with Crippen molar-refractivity contribution in [3.63, 3.8) is 0 Å². The van der Waals surface area contributed by atoms with Crippen molar-refractivity contribution < 1.29 is 9.59 Å². The molecule has 0 aromatic carbocycles. The molecule has 0 aromatic heterocycles. The highest BCUT2D eigenvalue weighted by Gasteiger charge is 2.43. The predicted molar refractivity (Wildman–Crippen MR) is 59.8 cm³/mol. The summed E-state index contributed by atoms with van der Waals surface area (Å²) in [5.74, 6) is 0.217. The highest BCUT2D eigenvalue weighted by atomic mass is 16.2. The van der Waals surface area contributed by atoms with Crippen LogP contribution in [-0.2, 0) is 9.59 Å². The van der Waals surface area contributed by atoms with Crippen LogP contribution in [0.5, 0.6) is 0 Å². The number of fused-ring (bicyclic) bond motifs is 1.